The van der Waals surface area contributed by atoms with E-state index in [1.165, 1.54) is 0 Å². The predicted octanol–water partition coefficient (Wildman–Crippen LogP) is 2.38. The van der Waals surface area contributed by atoms with Crippen LogP contribution in [0.5, 0.6) is 0 Å². The van der Waals surface area contributed by atoms with Crippen LogP contribution in [0.3, 0.4) is 0 Å². The van der Waals surface area contributed by atoms with Crippen LogP contribution in [0.4, 0.5) is 0 Å². The Morgan fingerprint density at radius 2 is 2.00 bits per heavy atom. The summed E-state index contributed by atoms with van der Waals surface area (Å²) in [5.41, 5.74) is 6.18. The zero-order valence-electron chi connectivity index (χ0n) is 12.6. The van der Waals surface area contributed by atoms with Crippen molar-refractivity contribution in [2.45, 2.75) is 38.1 Å². The van der Waals surface area contributed by atoms with Crippen molar-refractivity contribution < 1.29 is 8.42 Å². The molecule has 1 heterocycles. The second kappa shape index (κ2) is 6.02. The van der Waals surface area contributed by atoms with Gasteiger partial charge in [0, 0.05) is 18.2 Å². The molecule has 4 nitrogen and oxygen atoms in total. The fourth-order valence-corrected chi connectivity index (χ4v) is 4.95. The van der Waals surface area contributed by atoms with Crippen molar-refractivity contribution in [2.24, 2.45) is 17.6 Å². The molecule has 0 aromatic heterocycles. The van der Waals surface area contributed by atoms with E-state index in [9.17, 15) is 8.42 Å². The summed E-state index contributed by atoms with van der Waals surface area (Å²) in [7, 11) is -3.51. The molecule has 3 unspecified atom stereocenters. The lowest BCUT2D eigenvalue weighted by atomic mass is 9.88. The average molecular weight is 326 g/mol. The molecule has 0 spiro atoms. The lowest BCUT2D eigenvalue weighted by molar-refractivity contribution is 0.157. The maximum atomic E-state index is 12.9. The maximum absolute atomic E-state index is 12.9. The zero-order valence-corrected chi connectivity index (χ0v) is 14.2. The summed E-state index contributed by atoms with van der Waals surface area (Å²) in [6.45, 7) is 6.74. The quantitative estimate of drug-likeness (QED) is 0.866. The molecule has 0 radical (unpaired) electrons. The van der Waals surface area contributed by atoms with Crippen LogP contribution in [-0.4, -0.2) is 30.3 Å². The number of hydrogen-bond acceptors (Lipinski definition) is 3. The molecule has 1 aromatic carbocycles. The number of hydrogen-bond donors (Lipinski definition) is 1. The van der Waals surface area contributed by atoms with E-state index in [-0.39, 0.29) is 15.9 Å². The summed E-state index contributed by atoms with van der Waals surface area (Å²) in [5.74, 6) is 0.715. The summed E-state index contributed by atoms with van der Waals surface area (Å²) >= 11 is 4.93. The first-order chi connectivity index (χ1) is 9.73. The molecule has 116 valence electrons. The van der Waals surface area contributed by atoms with E-state index < -0.39 is 10.0 Å². The Balaban J connectivity index is 2.41. The van der Waals surface area contributed by atoms with Crippen LogP contribution in [0, 0.1) is 11.8 Å². The van der Waals surface area contributed by atoms with Gasteiger partial charge in [0.25, 0.3) is 0 Å². The van der Waals surface area contributed by atoms with Crippen molar-refractivity contribution in [3.8, 4) is 0 Å². The molecule has 2 N–H and O–H groups in total. The zero-order chi connectivity index (χ0) is 15.8. The van der Waals surface area contributed by atoms with Gasteiger partial charge in [-0.1, -0.05) is 38.2 Å². The Morgan fingerprint density at radius 1 is 1.33 bits per heavy atom. The molecule has 2 rings (SSSR count). The fraction of sp³-hybridized carbons (Fsp3) is 0.533. The molecule has 21 heavy (non-hydrogen) atoms. The normalized spacial score (nSPS) is 27.5. The third-order valence-electron chi connectivity index (χ3n) is 4.27. The number of benzene rings is 1. The van der Waals surface area contributed by atoms with Gasteiger partial charge in [0.2, 0.25) is 10.0 Å². The largest absolute Gasteiger partial charge is 0.389 e. The molecule has 3 atom stereocenters. The van der Waals surface area contributed by atoms with Gasteiger partial charge in [0.15, 0.2) is 0 Å². The molecule has 1 aliphatic rings. The summed E-state index contributed by atoms with van der Waals surface area (Å²) in [6.07, 6.45) is 1.06. The first-order valence-corrected chi connectivity index (χ1v) is 9.00. The molecule has 1 aromatic rings. The Morgan fingerprint density at radius 3 is 2.62 bits per heavy atom. The maximum Gasteiger partial charge on any atom is 0.243 e. The third kappa shape index (κ3) is 3.27. The Labute approximate surface area is 132 Å². The highest BCUT2D eigenvalue weighted by Crippen LogP contribution is 2.31. The van der Waals surface area contributed by atoms with Crippen molar-refractivity contribution in [2.75, 3.05) is 6.54 Å². The van der Waals surface area contributed by atoms with E-state index >= 15 is 0 Å². The second-order valence-electron chi connectivity index (χ2n) is 6.03. The Bertz CT molecular complexity index is 643. The summed E-state index contributed by atoms with van der Waals surface area (Å²) in [6, 6.07) is 6.58. The molecule has 6 heteroatoms. The van der Waals surface area contributed by atoms with Crippen LogP contribution in [0.1, 0.15) is 32.8 Å². The molecular formula is C15H22N2O2S2. The fourth-order valence-electron chi connectivity index (χ4n) is 2.93. The molecule has 0 aliphatic carbocycles. The van der Waals surface area contributed by atoms with Gasteiger partial charge < -0.3 is 5.73 Å². The van der Waals surface area contributed by atoms with Gasteiger partial charge in [-0.2, -0.15) is 4.31 Å². The molecule has 0 saturated carbocycles. The Kier molecular flexibility index (Phi) is 4.70. The lowest BCUT2D eigenvalue weighted by Gasteiger charge is -2.40. The molecule has 1 fully saturated rings. The van der Waals surface area contributed by atoms with Crippen molar-refractivity contribution in [1.82, 2.24) is 4.31 Å². The van der Waals surface area contributed by atoms with E-state index in [0.717, 1.165) is 6.42 Å². The number of nitrogens with two attached hydrogens (primary N) is 1. The topological polar surface area (TPSA) is 63.4 Å². The van der Waals surface area contributed by atoms with Crippen LogP contribution in [-0.2, 0) is 10.0 Å². The molecule has 0 bridgehead atoms. The lowest BCUT2D eigenvalue weighted by Crippen LogP contribution is -2.48. The number of rotatable bonds is 3. The average Bonchev–Trinajstić information content (AvgIpc) is 2.42. The minimum Gasteiger partial charge on any atom is -0.389 e. The molecular weight excluding hydrogens is 304 g/mol. The van der Waals surface area contributed by atoms with Gasteiger partial charge in [-0.05, 0) is 37.3 Å². The van der Waals surface area contributed by atoms with Gasteiger partial charge >= 0.3 is 0 Å². The molecule has 1 aliphatic heterocycles. The SMILES string of the molecule is CC1CC(C)C(C)N(S(=O)(=O)c2cccc(C(N)=S)c2)C1. The smallest absolute Gasteiger partial charge is 0.243 e. The van der Waals surface area contributed by atoms with E-state index in [1.54, 1.807) is 28.6 Å². The van der Waals surface area contributed by atoms with Crippen LogP contribution in [0.2, 0.25) is 0 Å². The predicted molar refractivity (Wildman–Crippen MR) is 88.6 cm³/mol. The van der Waals surface area contributed by atoms with E-state index in [0.29, 0.717) is 23.9 Å². The van der Waals surface area contributed by atoms with Crippen molar-refractivity contribution in [1.29, 1.82) is 0 Å². The summed E-state index contributed by atoms with van der Waals surface area (Å²) in [4.78, 5) is 0.474. The highest BCUT2D eigenvalue weighted by molar-refractivity contribution is 7.89. The number of nitrogens with zero attached hydrogens (tertiary/aromatic N) is 1. The van der Waals surface area contributed by atoms with Crippen molar-refractivity contribution >= 4 is 27.2 Å². The highest BCUT2D eigenvalue weighted by Gasteiger charge is 2.37. The minimum absolute atomic E-state index is 0.000292. The van der Waals surface area contributed by atoms with Gasteiger partial charge in [-0.15, -0.1) is 0 Å². The van der Waals surface area contributed by atoms with Crippen LogP contribution in [0.25, 0.3) is 0 Å². The van der Waals surface area contributed by atoms with Crippen LogP contribution in [0.15, 0.2) is 29.2 Å². The highest BCUT2D eigenvalue weighted by atomic mass is 32.2. The summed E-state index contributed by atoms with van der Waals surface area (Å²) < 4.78 is 27.4. The summed E-state index contributed by atoms with van der Waals surface area (Å²) in [5, 5.41) is 0. The molecule has 1 saturated heterocycles. The third-order valence-corrected chi connectivity index (χ3v) is 6.45. The number of sulfonamides is 1. The monoisotopic (exact) mass is 326 g/mol. The van der Waals surface area contributed by atoms with Gasteiger partial charge in [0.05, 0.1) is 4.90 Å². The van der Waals surface area contributed by atoms with Crippen LogP contribution < -0.4 is 5.73 Å². The van der Waals surface area contributed by atoms with E-state index in [2.05, 4.69) is 13.8 Å². The first-order valence-electron chi connectivity index (χ1n) is 7.15. The van der Waals surface area contributed by atoms with Gasteiger partial charge in [0.1, 0.15) is 4.99 Å². The van der Waals surface area contributed by atoms with Gasteiger partial charge in [-0.3, -0.25) is 0 Å². The van der Waals surface area contributed by atoms with E-state index in [4.69, 9.17) is 18.0 Å². The van der Waals surface area contributed by atoms with Gasteiger partial charge in [-0.25, -0.2) is 8.42 Å². The van der Waals surface area contributed by atoms with E-state index in [1.807, 2.05) is 6.92 Å². The van der Waals surface area contributed by atoms with Crippen molar-refractivity contribution in [3.05, 3.63) is 29.8 Å². The Hall–Kier alpha value is -0.980. The number of thiocarbonyl (C=S) groups is 1. The van der Waals surface area contributed by atoms with Crippen LogP contribution >= 0.6 is 12.2 Å². The second-order valence-corrected chi connectivity index (χ2v) is 8.36. The standard InChI is InChI=1S/C15H22N2O2S2/c1-10-7-11(2)12(3)17(9-10)21(18,19)14-6-4-5-13(8-14)15(16)20/h4-6,8,10-12H,7,9H2,1-3H3,(H2,16,20). The number of piperidine rings is 1. The van der Waals surface area contributed by atoms with Crippen molar-refractivity contribution in [3.63, 3.8) is 0 Å². The molecule has 0 amide bonds. The minimum atomic E-state index is -3.51. The first kappa shape index (κ1) is 16.4.